The van der Waals surface area contributed by atoms with Crippen LogP contribution >= 0.6 is 31.9 Å². The molecule has 0 aliphatic carbocycles. The number of alkyl halides is 1. The van der Waals surface area contributed by atoms with E-state index in [1.165, 1.54) is 7.11 Å². The van der Waals surface area contributed by atoms with Crippen molar-refractivity contribution < 1.29 is 9.53 Å². The van der Waals surface area contributed by atoms with Gasteiger partial charge in [-0.1, -0.05) is 28.1 Å². The number of hydrogen-bond acceptors (Lipinski definition) is 2. The molecule has 0 N–H and O–H groups in total. The molecule has 2 nitrogen and oxygen atoms in total. The molecule has 0 aliphatic heterocycles. The smallest absolute Gasteiger partial charge is 0.339 e. The molecule has 0 aromatic heterocycles. The molecular weight excluding hydrogens is 311 g/mol. The summed E-state index contributed by atoms with van der Waals surface area (Å²) >= 11 is 6.55. The van der Waals surface area contributed by atoms with Gasteiger partial charge in [-0.25, -0.2) is 4.79 Å². The monoisotopic (exact) mass is 316 g/mol. The van der Waals surface area contributed by atoms with Gasteiger partial charge in [-0.2, -0.15) is 0 Å². The average molecular weight is 318 g/mol. The molecule has 14 heavy (non-hydrogen) atoms. The highest BCUT2D eigenvalue weighted by Crippen LogP contribution is 2.30. The van der Waals surface area contributed by atoms with Crippen LogP contribution < -0.4 is 0 Å². The minimum Gasteiger partial charge on any atom is -0.465 e. The van der Waals surface area contributed by atoms with Crippen LogP contribution in [0.2, 0.25) is 0 Å². The van der Waals surface area contributed by atoms with Crippen LogP contribution in [0.4, 0.5) is 0 Å². The third kappa shape index (κ3) is 2.39. The summed E-state index contributed by atoms with van der Waals surface area (Å²) in [5.74, 6) is -0.383. The SMILES string of the molecule is [B]C(Br)c1cccc(C(=O)OC)c1Br. The molecule has 0 amide bonds. The Bertz CT molecular complexity index is 353. The Labute approximate surface area is 101 Å². The van der Waals surface area contributed by atoms with Gasteiger partial charge in [0.1, 0.15) is 0 Å². The molecule has 1 atom stereocenters. The maximum absolute atomic E-state index is 11.3. The molecule has 0 saturated carbocycles. The molecule has 72 valence electrons. The lowest BCUT2D eigenvalue weighted by Crippen LogP contribution is -2.04. The Hall–Kier alpha value is -0.285. The van der Waals surface area contributed by atoms with Crippen LogP contribution in [-0.2, 0) is 4.74 Å². The van der Waals surface area contributed by atoms with Gasteiger partial charge in [0.2, 0.25) is 0 Å². The first-order valence-corrected chi connectivity index (χ1v) is 5.55. The van der Waals surface area contributed by atoms with Crippen molar-refractivity contribution in [3.05, 3.63) is 33.8 Å². The van der Waals surface area contributed by atoms with Crippen LogP contribution in [0.5, 0.6) is 0 Å². The number of carbonyl (C=O) groups excluding carboxylic acids is 1. The third-order valence-corrected chi connectivity index (χ3v) is 3.11. The lowest BCUT2D eigenvalue weighted by Gasteiger charge is -2.10. The summed E-state index contributed by atoms with van der Waals surface area (Å²) in [5.41, 5.74) is 1.29. The zero-order chi connectivity index (χ0) is 10.7. The number of ether oxygens (including phenoxy) is 1. The second-order valence-corrected chi connectivity index (χ2v) is 4.38. The van der Waals surface area contributed by atoms with E-state index in [1.807, 2.05) is 6.07 Å². The highest BCUT2D eigenvalue weighted by molar-refractivity contribution is 9.11. The summed E-state index contributed by atoms with van der Waals surface area (Å²) < 4.78 is 4.99. The molecule has 0 aliphatic rings. The van der Waals surface area contributed by atoms with Gasteiger partial charge in [0, 0.05) is 9.20 Å². The Balaban J connectivity index is 3.20. The molecule has 0 heterocycles. The summed E-state index contributed by atoms with van der Waals surface area (Å²) in [4.78, 5) is 11.3. The fraction of sp³-hybridized carbons (Fsp3) is 0.222. The second kappa shape index (κ2) is 4.98. The third-order valence-electron chi connectivity index (χ3n) is 1.73. The fourth-order valence-corrected chi connectivity index (χ4v) is 2.39. The maximum atomic E-state index is 11.3. The zero-order valence-electron chi connectivity index (χ0n) is 7.46. The van der Waals surface area contributed by atoms with Crippen molar-refractivity contribution in [2.24, 2.45) is 0 Å². The lowest BCUT2D eigenvalue weighted by molar-refractivity contribution is 0.0599. The first-order chi connectivity index (χ1) is 6.57. The number of methoxy groups -OCH3 is 1. The van der Waals surface area contributed by atoms with Gasteiger partial charge in [-0.3, -0.25) is 0 Å². The highest BCUT2D eigenvalue weighted by atomic mass is 79.9. The number of halogens is 2. The number of hydrogen-bond donors (Lipinski definition) is 0. The minimum atomic E-state index is -0.383. The van der Waals surface area contributed by atoms with Gasteiger partial charge in [0.15, 0.2) is 0 Å². The average Bonchev–Trinajstić information content (AvgIpc) is 2.16. The fourth-order valence-electron chi connectivity index (χ4n) is 1.03. The van der Waals surface area contributed by atoms with Crippen LogP contribution in [0, 0.1) is 0 Å². The molecule has 1 aromatic rings. The van der Waals surface area contributed by atoms with Gasteiger partial charge in [0.05, 0.1) is 20.5 Å². The number of benzene rings is 1. The van der Waals surface area contributed by atoms with Crippen LogP contribution in [0.1, 0.15) is 20.6 Å². The number of esters is 1. The van der Waals surface area contributed by atoms with E-state index < -0.39 is 0 Å². The predicted octanol–water partition coefficient (Wildman–Crippen LogP) is 2.80. The van der Waals surface area contributed by atoms with E-state index in [2.05, 4.69) is 36.6 Å². The van der Waals surface area contributed by atoms with Gasteiger partial charge < -0.3 is 4.74 Å². The van der Waals surface area contributed by atoms with Gasteiger partial charge in [0.25, 0.3) is 0 Å². The van der Waals surface area contributed by atoms with E-state index in [0.29, 0.717) is 10.0 Å². The van der Waals surface area contributed by atoms with Crippen molar-refractivity contribution in [2.75, 3.05) is 7.11 Å². The zero-order valence-corrected chi connectivity index (χ0v) is 10.6. The molecule has 1 unspecified atom stereocenters. The molecule has 1 rings (SSSR count). The van der Waals surface area contributed by atoms with Crippen molar-refractivity contribution >= 4 is 45.7 Å². The number of carbonyl (C=O) groups is 1. The molecule has 2 radical (unpaired) electrons. The Morgan fingerprint density at radius 1 is 1.57 bits per heavy atom. The normalized spacial score (nSPS) is 12.2. The second-order valence-electron chi connectivity index (χ2n) is 2.60. The minimum absolute atomic E-state index is 0.304. The van der Waals surface area contributed by atoms with E-state index in [4.69, 9.17) is 7.85 Å². The van der Waals surface area contributed by atoms with Crippen LogP contribution in [0.15, 0.2) is 22.7 Å². The Kier molecular flexibility index (Phi) is 4.19. The standard InChI is InChI=1S/C9H7BBr2O2/c1-14-9(13)6-4-2-3-5(7(6)11)8(10)12/h2-4,8H,1H3. The molecular formula is C9H7BBr2O2. The topological polar surface area (TPSA) is 26.3 Å². The number of rotatable bonds is 2. The first kappa shape index (κ1) is 11.8. The van der Waals surface area contributed by atoms with Crippen molar-refractivity contribution in [2.45, 2.75) is 4.73 Å². The first-order valence-electron chi connectivity index (χ1n) is 3.84. The Morgan fingerprint density at radius 2 is 2.21 bits per heavy atom. The molecule has 0 bridgehead atoms. The molecule has 0 fully saturated rings. The summed E-state index contributed by atoms with van der Waals surface area (Å²) in [6.07, 6.45) is 0. The maximum Gasteiger partial charge on any atom is 0.339 e. The molecule has 5 heteroatoms. The van der Waals surface area contributed by atoms with E-state index in [1.54, 1.807) is 12.1 Å². The van der Waals surface area contributed by atoms with Gasteiger partial charge in [-0.15, -0.1) is 0 Å². The van der Waals surface area contributed by atoms with Crippen molar-refractivity contribution in [1.29, 1.82) is 0 Å². The van der Waals surface area contributed by atoms with Crippen LogP contribution in [0.25, 0.3) is 0 Å². The summed E-state index contributed by atoms with van der Waals surface area (Å²) in [6.45, 7) is 0. The van der Waals surface area contributed by atoms with Crippen LogP contribution in [0.3, 0.4) is 0 Å². The van der Waals surface area contributed by atoms with E-state index in [0.717, 1.165) is 5.56 Å². The van der Waals surface area contributed by atoms with E-state index in [-0.39, 0.29) is 10.7 Å². The van der Waals surface area contributed by atoms with E-state index in [9.17, 15) is 4.79 Å². The molecule has 1 aromatic carbocycles. The quantitative estimate of drug-likeness (QED) is 0.476. The van der Waals surface area contributed by atoms with E-state index >= 15 is 0 Å². The summed E-state index contributed by atoms with van der Waals surface area (Å²) in [5, 5.41) is 0. The van der Waals surface area contributed by atoms with Crippen molar-refractivity contribution in [3.8, 4) is 0 Å². The molecule has 0 spiro atoms. The van der Waals surface area contributed by atoms with Crippen molar-refractivity contribution in [1.82, 2.24) is 0 Å². The predicted molar refractivity (Wildman–Crippen MR) is 62.9 cm³/mol. The van der Waals surface area contributed by atoms with Gasteiger partial charge >= 0.3 is 5.97 Å². The highest BCUT2D eigenvalue weighted by Gasteiger charge is 2.14. The van der Waals surface area contributed by atoms with Crippen LogP contribution in [-0.4, -0.2) is 20.9 Å². The summed E-state index contributed by atoms with van der Waals surface area (Å²) in [6, 6.07) is 5.26. The Morgan fingerprint density at radius 3 is 2.71 bits per heavy atom. The van der Waals surface area contributed by atoms with Crippen molar-refractivity contribution in [3.63, 3.8) is 0 Å². The lowest BCUT2D eigenvalue weighted by atomic mass is 9.95. The molecule has 0 saturated heterocycles. The largest absolute Gasteiger partial charge is 0.465 e. The van der Waals surface area contributed by atoms with Gasteiger partial charge in [-0.05, 0) is 27.6 Å². The summed E-state index contributed by atoms with van der Waals surface area (Å²) in [7, 11) is 7.00.